The molecule has 0 saturated carbocycles. The van der Waals surface area contributed by atoms with E-state index in [1.54, 1.807) is 0 Å². The summed E-state index contributed by atoms with van der Waals surface area (Å²) in [6.07, 6.45) is 1.01. The zero-order valence-electron chi connectivity index (χ0n) is 11.3. The molecule has 1 unspecified atom stereocenters. The number of benzene rings is 2. The maximum atomic E-state index is 12.5. The Kier molecular flexibility index (Phi) is 2.99. The number of nitrogens with zero attached hydrogens (tertiary/aromatic N) is 1. The molecule has 3 heteroatoms. The average Bonchev–Trinajstić information content (AvgIpc) is 2.72. The molecule has 0 aliphatic carbocycles. The molecule has 1 aliphatic rings. The first-order valence-electron chi connectivity index (χ1n) is 6.77. The smallest absolute Gasteiger partial charge is 0.259 e. The average molecular weight is 254 g/mol. The largest absolute Gasteiger partial charge is 0.315 e. The minimum Gasteiger partial charge on any atom is -0.315 e. The van der Waals surface area contributed by atoms with Gasteiger partial charge >= 0.3 is 0 Å². The summed E-state index contributed by atoms with van der Waals surface area (Å²) in [5.74, 6) is 0.125. The number of hydrogen-bond acceptors (Lipinski definition) is 2. The van der Waals surface area contributed by atoms with Crippen LogP contribution in [0.5, 0.6) is 0 Å². The normalized spacial score (nSPS) is 15.3. The van der Waals surface area contributed by atoms with Crippen LogP contribution in [0.15, 0.2) is 36.4 Å². The lowest BCUT2D eigenvalue weighted by atomic mass is 10.1. The van der Waals surface area contributed by atoms with Crippen molar-refractivity contribution in [3.8, 4) is 0 Å². The molecule has 3 rings (SSSR count). The lowest BCUT2D eigenvalue weighted by molar-refractivity contribution is 0.0990. The lowest BCUT2D eigenvalue weighted by Gasteiger charge is -2.23. The van der Waals surface area contributed by atoms with Gasteiger partial charge in [-0.3, -0.25) is 4.79 Å². The first-order chi connectivity index (χ1) is 9.26. The monoisotopic (exact) mass is 254 g/mol. The summed E-state index contributed by atoms with van der Waals surface area (Å²) >= 11 is 0. The zero-order chi connectivity index (χ0) is 13.4. The SMILES string of the molecule is CCC(CN1C(=O)c2cccc3cccc1c23)NC. The second kappa shape index (κ2) is 4.67. The molecule has 0 fully saturated rings. The van der Waals surface area contributed by atoms with Gasteiger partial charge in [-0.1, -0.05) is 31.2 Å². The highest BCUT2D eigenvalue weighted by Crippen LogP contribution is 2.37. The summed E-state index contributed by atoms with van der Waals surface area (Å²) in [4.78, 5) is 14.4. The Morgan fingerprint density at radius 3 is 2.63 bits per heavy atom. The van der Waals surface area contributed by atoms with Crippen LogP contribution in [0.3, 0.4) is 0 Å². The number of hydrogen-bond donors (Lipinski definition) is 1. The van der Waals surface area contributed by atoms with E-state index >= 15 is 0 Å². The molecule has 0 bridgehead atoms. The van der Waals surface area contributed by atoms with Gasteiger partial charge in [-0.15, -0.1) is 0 Å². The van der Waals surface area contributed by atoms with Crippen molar-refractivity contribution in [2.45, 2.75) is 19.4 Å². The summed E-state index contributed by atoms with van der Waals surface area (Å²) in [6.45, 7) is 2.86. The molecule has 1 N–H and O–H groups in total. The maximum absolute atomic E-state index is 12.5. The third-order valence-electron chi connectivity index (χ3n) is 3.95. The van der Waals surface area contributed by atoms with Crippen LogP contribution in [0.25, 0.3) is 10.8 Å². The number of nitrogens with one attached hydrogen (secondary N) is 1. The maximum Gasteiger partial charge on any atom is 0.259 e. The minimum atomic E-state index is 0.125. The number of amides is 1. The summed E-state index contributed by atoms with van der Waals surface area (Å²) in [5, 5.41) is 5.50. The number of rotatable bonds is 4. The minimum absolute atomic E-state index is 0.125. The lowest BCUT2D eigenvalue weighted by Crippen LogP contribution is -2.40. The molecular formula is C16H18N2O. The molecule has 2 aromatic carbocycles. The van der Waals surface area contributed by atoms with Gasteiger partial charge in [0, 0.05) is 23.5 Å². The fourth-order valence-corrected chi connectivity index (χ4v) is 2.81. The Morgan fingerprint density at radius 2 is 1.95 bits per heavy atom. The molecule has 1 aliphatic heterocycles. The van der Waals surface area contributed by atoms with Gasteiger partial charge in [0.2, 0.25) is 0 Å². The van der Waals surface area contributed by atoms with E-state index in [4.69, 9.17) is 0 Å². The van der Waals surface area contributed by atoms with Crippen molar-refractivity contribution in [3.05, 3.63) is 42.0 Å². The van der Waals surface area contributed by atoms with Gasteiger partial charge in [-0.25, -0.2) is 0 Å². The van der Waals surface area contributed by atoms with E-state index in [0.29, 0.717) is 6.04 Å². The van der Waals surface area contributed by atoms with Gasteiger partial charge in [0.25, 0.3) is 5.91 Å². The Balaban J connectivity index is 2.08. The van der Waals surface area contributed by atoms with Crippen molar-refractivity contribution in [3.63, 3.8) is 0 Å². The summed E-state index contributed by atoms with van der Waals surface area (Å²) < 4.78 is 0. The van der Waals surface area contributed by atoms with Crippen LogP contribution in [0, 0.1) is 0 Å². The Labute approximate surface area is 113 Å². The van der Waals surface area contributed by atoms with Crippen molar-refractivity contribution >= 4 is 22.4 Å². The Morgan fingerprint density at radius 1 is 1.21 bits per heavy atom. The van der Waals surface area contributed by atoms with Crippen molar-refractivity contribution in [2.24, 2.45) is 0 Å². The van der Waals surface area contributed by atoms with E-state index < -0.39 is 0 Å². The highest BCUT2D eigenvalue weighted by molar-refractivity contribution is 6.25. The van der Waals surface area contributed by atoms with E-state index in [9.17, 15) is 4.79 Å². The van der Waals surface area contributed by atoms with Crippen LogP contribution in [0.4, 0.5) is 5.69 Å². The molecule has 0 saturated heterocycles. The molecule has 1 heterocycles. The van der Waals surface area contributed by atoms with E-state index in [1.165, 1.54) is 0 Å². The second-order valence-electron chi connectivity index (χ2n) is 4.99. The van der Waals surface area contributed by atoms with Gasteiger partial charge in [0.05, 0.1) is 5.69 Å². The van der Waals surface area contributed by atoms with Crippen LogP contribution < -0.4 is 10.2 Å². The van der Waals surface area contributed by atoms with Crippen LogP contribution >= 0.6 is 0 Å². The second-order valence-corrected chi connectivity index (χ2v) is 4.99. The predicted molar refractivity (Wildman–Crippen MR) is 78.8 cm³/mol. The highest BCUT2D eigenvalue weighted by atomic mass is 16.2. The van der Waals surface area contributed by atoms with Crippen LogP contribution in [0.2, 0.25) is 0 Å². The zero-order valence-corrected chi connectivity index (χ0v) is 11.3. The van der Waals surface area contributed by atoms with E-state index in [2.05, 4.69) is 24.4 Å². The molecular weight excluding hydrogens is 236 g/mol. The molecule has 0 spiro atoms. The standard InChI is InChI=1S/C16H18N2O/c1-3-12(17-2)10-18-14-9-5-7-11-6-4-8-13(15(11)14)16(18)19/h4-9,12,17H,3,10H2,1-2H3. The third-order valence-corrected chi connectivity index (χ3v) is 3.95. The topological polar surface area (TPSA) is 32.3 Å². The molecule has 3 nitrogen and oxygen atoms in total. The van der Waals surface area contributed by atoms with E-state index in [-0.39, 0.29) is 5.91 Å². The van der Waals surface area contributed by atoms with Crippen molar-refractivity contribution < 1.29 is 4.79 Å². The quantitative estimate of drug-likeness (QED) is 0.910. The molecule has 0 aromatic heterocycles. The third kappa shape index (κ3) is 1.81. The van der Waals surface area contributed by atoms with Crippen LogP contribution in [-0.2, 0) is 0 Å². The van der Waals surface area contributed by atoms with Crippen LogP contribution in [0.1, 0.15) is 23.7 Å². The molecule has 0 radical (unpaired) electrons. The van der Waals surface area contributed by atoms with Crippen molar-refractivity contribution in [1.29, 1.82) is 0 Å². The molecule has 2 aromatic rings. The predicted octanol–water partition coefficient (Wildman–Crippen LogP) is 2.80. The Hall–Kier alpha value is -1.87. The molecule has 98 valence electrons. The molecule has 19 heavy (non-hydrogen) atoms. The fourth-order valence-electron chi connectivity index (χ4n) is 2.81. The fraction of sp³-hybridized carbons (Fsp3) is 0.312. The van der Waals surface area contributed by atoms with Gasteiger partial charge in [0.1, 0.15) is 0 Å². The van der Waals surface area contributed by atoms with Gasteiger partial charge < -0.3 is 10.2 Å². The van der Waals surface area contributed by atoms with Gasteiger partial charge in [0.15, 0.2) is 0 Å². The molecule has 1 amide bonds. The number of carbonyl (C=O) groups is 1. The highest BCUT2D eigenvalue weighted by Gasteiger charge is 2.30. The first kappa shape index (κ1) is 12.2. The number of carbonyl (C=O) groups excluding carboxylic acids is 1. The van der Waals surface area contributed by atoms with Crippen molar-refractivity contribution in [1.82, 2.24) is 5.32 Å². The van der Waals surface area contributed by atoms with Crippen molar-refractivity contribution in [2.75, 3.05) is 18.5 Å². The Bertz CT molecular complexity index is 626. The summed E-state index contributed by atoms with van der Waals surface area (Å²) in [6, 6.07) is 12.4. The summed E-state index contributed by atoms with van der Waals surface area (Å²) in [5.41, 5.74) is 1.88. The summed E-state index contributed by atoms with van der Waals surface area (Å²) in [7, 11) is 1.95. The van der Waals surface area contributed by atoms with Crippen LogP contribution in [-0.4, -0.2) is 25.5 Å². The van der Waals surface area contributed by atoms with E-state index in [0.717, 1.165) is 35.0 Å². The number of anilines is 1. The first-order valence-corrected chi connectivity index (χ1v) is 6.77. The van der Waals surface area contributed by atoms with Gasteiger partial charge in [-0.2, -0.15) is 0 Å². The number of likely N-dealkylation sites (N-methyl/N-ethyl adjacent to an activating group) is 1. The van der Waals surface area contributed by atoms with E-state index in [1.807, 2.05) is 36.2 Å². The van der Waals surface area contributed by atoms with Gasteiger partial charge in [-0.05, 0) is 31.0 Å². The molecule has 1 atom stereocenters.